The lowest BCUT2D eigenvalue weighted by atomic mass is 10.3. The average Bonchev–Trinajstić information content (AvgIpc) is 2.31. The number of methoxy groups -OCH3 is 1. The van der Waals surface area contributed by atoms with Crippen LogP contribution in [0.25, 0.3) is 0 Å². The molecule has 2 atom stereocenters. The third-order valence-electron chi connectivity index (χ3n) is 2.13. The summed E-state index contributed by atoms with van der Waals surface area (Å²) in [4.78, 5) is 0. The Morgan fingerprint density at radius 1 is 1.18 bits per heavy atom. The van der Waals surface area contributed by atoms with E-state index in [2.05, 4.69) is 0 Å². The summed E-state index contributed by atoms with van der Waals surface area (Å²) < 4.78 is 15.6. The van der Waals surface area contributed by atoms with Gasteiger partial charge in [0.25, 0.3) is 0 Å². The summed E-state index contributed by atoms with van der Waals surface area (Å²) in [7, 11) is 1.62. The molecule has 96 valence electrons. The maximum atomic E-state index is 9.19. The predicted molar refractivity (Wildman–Crippen MR) is 64.1 cm³/mol. The van der Waals surface area contributed by atoms with Crippen molar-refractivity contribution >= 4 is 0 Å². The van der Waals surface area contributed by atoms with Crippen molar-refractivity contribution < 1.29 is 19.3 Å². The Hall–Kier alpha value is -1.30. The van der Waals surface area contributed by atoms with Crippen LogP contribution in [0, 0.1) is 0 Å². The molecule has 0 aromatic heterocycles. The molecule has 2 unspecified atom stereocenters. The fraction of sp³-hybridized carbons (Fsp3) is 0.500. The molecule has 0 aliphatic rings. The second-order valence-corrected chi connectivity index (χ2v) is 3.64. The molecule has 1 rings (SSSR count). The molecule has 0 heterocycles. The number of aliphatic hydroxyl groups is 1. The van der Waals surface area contributed by atoms with E-state index in [1.54, 1.807) is 38.3 Å². The molecule has 0 fully saturated rings. The lowest BCUT2D eigenvalue weighted by Crippen LogP contribution is -2.37. The lowest BCUT2D eigenvalue weighted by molar-refractivity contribution is 0.0528. The van der Waals surface area contributed by atoms with E-state index < -0.39 is 12.3 Å². The van der Waals surface area contributed by atoms with E-state index in [4.69, 9.17) is 19.9 Å². The van der Waals surface area contributed by atoms with Gasteiger partial charge in [-0.1, -0.05) is 0 Å². The molecular formula is C12H19NO4. The van der Waals surface area contributed by atoms with Crippen molar-refractivity contribution in [3.05, 3.63) is 24.3 Å². The molecule has 0 saturated carbocycles. The molecule has 1 aromatic carbocycles. The third-order valence-corrected chi connectivity index (χ3v) is 2.13. The van der Waals surface area contributed by atoms with Crippen molar-refractivity contribution in [2.45, 2.75) is 19.3 Å². The van der Waals surface area contributed by atoms with E-state index in [1.165, 1.54) is 0 Å². The minimum absolute atomic E-state index is 0.504. The smallest absolute Gasteiger partial charge is 0.173 e. The summed E-state index contributed by atoms with van der Waals surface area (Å²) in [6.45, 7) is 2.63. The summed E-state index contributed by atoms with van der Waals surface area (Å²) in [5, 5.41) is 9.19. The second kappa shape index (κ2) is 7.11. The van der Waals surface area contributed by atoms with Gasteiger partial charge < -0.3 is 19.3 Å². The fourth-order valence-electron chi connectivity index (χ4n) is 1.11. The van der Waals surface area contributed by atoms with Crippen LogP contribution in [0.5, 0.6) is 11.5 Å². The predicted octanol–water partition coefficient (Wildman–Crippen LogP) is 0.756. The zero-order chi connectivity index (χ0) is 12.7. The van der Waals surface area contributed by atoms with Crippen LogP contribution < -0.4 is 15.2 Å². The van der Waals surface area contributed by atoms with Gasteiger partial charge in [0.05, 0.1) is 6.61 Å². The van der Waals surface area contributed by atoms with Gasteiger partial charge in [-0.3, -0.25) is 5.73 Å². The van der Waals surface area contributed by atoms with Crippen LogP contribution in [-0.4, -0.2) is 37.8 Å². The van der Waals surface area contributed by atoms with Crippen LogP contribution >= 0.6 is 0 Å². The monoisotopic (exact) mass is 241 g/mol. The standard InChI is InChI=1S/C12H19NO4/c1-9(14)12(13)17-11-5-3-10(4-6-11)16-8-7-15-2/h3-6,9,12,14H,7-8,13H2,1-2H3. The van der Waals surface area contributed by atoms with Gasteiger partial charge in [0, 0.05) is 7.11 Å². The number of hydrogen-bond donors (Lipinski definition) is 2. The Bertz CT molecular complexity index is 313. The third kappa shape index (κ3) is 5.04. The highest BCUT2D eigenvalue weighted by atomic mass is 16.5. The van der Waals surface area contributed by atoms with Crippen molar-refractivity contribution in [2.24, 2.45) is 5.73 Å². The van der Waals surface area contributed by atoms with Gasteiger partial charge in [0.2, 0.25) is 0 Å². The first kappa shape index (κ1) is 13.8. The maximum Gasteiger partial charge on any atom is 0.173 e. The quantitative estimate of drug-likeness (QED) is 0.544. The molecule has 17 heavy (non-hydrogen) atoms. The summed E-state index contributed by atoms with van der Waals surface area (Å²) in [6, 6.07) is 7.04. The molecular weight excluding hydrogens is 222 g/mol. The first-order valence-electron chi connectivity index (χ1n) is 5.45. The average molecular weight is 241 g/mol. The Morgan fingerprint density at radius 2 is 1.76 bits per heavy atom. The van der Waals surface area contributed by atoms with Crippen LogP contribution in [0.15, 0.2) is 24.3 Å². The van der Waals surface area contributed by atoms with Gasteiger partial charge in [-0.25, -0.2) is 0 Å². The summed E-state index contributed by atoms with van der Waals surface area (Å²) >= 11 is 0. The summed E-state index contributed by atoms with van der Waals surface area (Å²) in [5.41, 5.74) is 5.56. The van der Waals surface area contributed by atoms with Crippen molar-refractivity contribution in [2.75, 3.05) is 20.3 Å². The van der Waals surface area contributed by atoms with Gasteiger partial charge in [-0.15, -0.1) is 0 Å². The number of nitrogens with two attached hydrogens (primary N) is 1. The molecule has 0 saturated heterocycles. The van der Waals surface area contributed by atoms with Crippen LogP contribution in [0.1, 0.15) is 6.92 Å². The van der Waals surface area contributed by atoms with E-state index in [-0.39, 0.29) is 0 Å². The molecule has 0 radical (unpaired) electrons. The van der Waals surface area contributed by atoms with Gasteiger partial charge in [0.1, 0.15) is 24.2 Å². The van der Waals surface area contributed by atoms with Crippen LogP contribution in [0.4, 0.5) is 0 Å². The lowest BCUT2D eigenvalue weighted by Gasteiger charge is -2.17. The highest BCUT2D eigenvalue weighted by molar-refractivity contribution is 5.31. The molecule has 0 spiro atoms. The minimum Gasteiger partial charge on any atom is -0.491 e. The Labute approximate surface area is 101 Å². The number of rotatable bonds is 7. The largest absolute Gasteiger partial charge is 0.491 e. The van der Waals surface area contributed by atoms with Gasteiger partial charge in [-0.2, -0.15) is 0 Å². The van der Waals surface area contributed by atoms with Crippen LogP contribution in [0.3, 0.4) is 0 Å². The van der Waals surface area contributed by atoms with Gasteiger partial charge >= 0.3 is 0 Å². The zero-order valence-electron chi connectivity index (χ0n) is 10.1. The van der Waals surface area contributed by atoms with E-state index in [9.17, 15) is 5.11 Å². The maximum absolute atomic E-state index is 9.19. The minimum atomic E-state index is -0.727. The zero-order valence-corrected chi connectivity index (χ0v) is 10.1. The summed E-state index contributed by atoms with van der Waals surface area (Å²) in [5.74, 6) is 1.33. The molecule has 3 N–H and O–H groups in total. The molecule has 0 bridgehead atoms. The summed E-state index contributed by atoms with van der Waals surface area (Å²) in [6.07, 6.45) is -1.44. The molecule has 1 aromatic rings. The van der Waals surface area contributed by atoms with Crippen LogP contribution in [-0.2, 0) is 4.74 Å². The number of hydrogen-bond acceptors (Lipinski definition) is 5. The van der Waals surface area contributed by atoms with E-state index in [1.807, 2.05) is 0 Å². The second-order valence-electron chi connectivity index (χ2n) is 3.64. The Morgan fingerprint density at radius 3 is 2.29 bits per heavy atom. The molecule has 0 amide bonds. The van der Waals surface area contributed by atoms with Gasteiger partial charge in [-0.05, 0) is 31.2 Å². The van der Waals surface area contributed by atoms with Crippen molar-refractivity contribution in [3.8, 4) is 11.5 Å². The highest BCUT2D eigenvalue weighted by Crippen LogP contribution is 2.18. The topological polar surface area (TPSA) is 73.9 Å². The highest BCUT2D eigenvalue weighted by Gasteiger charge is 2.10. The molecule has 0 aliphatic heterocycles. The van der Waals surface area contributed by atoms with Crippen molar-refractivity contribution in [1.82, 2.24) is 0 Å². The van der Waals surface area contributed by atoms with Crippen molar-refractivity contribution in [1.29, 1.82) is 0 Å². The van der Waals surface area contributed by atoms with E-state index >= 15 is 0 Å². The molecule has 5 nitrogen and oxygen atoms in total. The molecule has 0 aliphatic carbocycles. The first-order chi connectivity index (χ1) is 8.13. The number of benzene rings is 1. The SMILES string of the molecule is COCCOc1ccc(OC(N)C(C)O)cc1. The van der Waals surface area contributed by atoms with Crippen LogP contribution in [0.2, 0.25) is 0 Å². The number of ether oxygens (including phenoxy) is 3. The molecule has 5 heteroatoms. The Balaban J connectivity index is 2.44. The Kier molecular flexibility index (Phi) is 5.76. The van der Waals surface area contributed by atoms with Gasteiger partial charge in [0.15, 0.2) is 6.23 Å². The fourth-order valence-corrected chi connectivity index (χ4v) is 1.11. The van der Waals surface area contributed by atoms with E-state index in [0.717, 1.165) is 5.75 Å². The first-order valence-corrected chi connectivity index (χ1v) is 5.45. The number of aliphatic hydroxyl groups excluding tert-OH is 1. The van der Waals surface area contributed by atoms with Crippen molar-refractivity contribution in [3.63, 3.8) is 0 Å². The normalized spacial score (nSPS) is 14.1. The van der Waals surface area contributed by atoms with E-state index in [0.29, 0.717) is 19.0 Å².